The van der Waals surface area contributed by atoms with Gasteiger partial charge in [-0.25, -0.2) is 4.79 Å². The van der Waals surface area contributed by atoms with Crippen molar-refractivity contribution in [1.29, 1.82) is 0 Å². The van der Waals surface area contributed by atoms with Crippen molar-refractivity contribution in [3.8, 4) is 0 Å². The molecule has 18 heavy (non-hydrogen) atoms. The Labute approximate surface area is 108 Å². The first-order valence-electron chi connectivity index (χ1n) is 5.65. The molecule has 5 nitrogen and oxygen atoms in total. The van der Waals surface area contributed by atoms with Gasteiger partial charge in [0.25, 0.3) is 5.56 Å². The molecule has 1 atom stereocenters. The third-order valence-electron chi connectivity index (χ3n) is 2.75. The van der Waals surface area contributed by atoms with Crippen LogP contribution in [0.25, 0.3) is 0 Å². The second-order valence-corrected chi connectivity index (χ2v) is 5.42. The molecule has 0 aliphatic carbocycles. The summed E-state index contributed by atoms with van der Waals surface area (Å²) in [7, 11) is 0. The summed E-state index contributed by atoms with van der Waals surface area (Å²) in [5.74, 6) is 0.380. The van der Waals surface area contributed by atoms with E-state index in [4.69, 9.17) is 5.73 Å². The van der Waals surface area contributed by atoms with Gasteiger partial charge in [-0.3, -0.25) is 14.3 Å². The number of aromatic nitrogens is 2. The second kappa shape index (κ2) is 4.81. The Hall–Kier alpha value is -1.82. The summed E-state index contributed by atoms with van der Waals surface area (Å²) in [6.45, 7) is 4.03. The summed E-state index contributed by atoms with van der Waals surface area (Å²) >= 11 is 1.57. The van der Waals surface area contributed by atoms with Crippen LogP contribution in [-0.2, 0) is 0 Å². The molecule has 0 radical (unpaired) electrons. The van der Waals surface area contributed by atoms with Gasteiger partial charge >= 0.3 is 5.69 Å². The number of aromatic amines is 1. The van der Waals surface area contributed by atoms with E-state index in [1.54, 1.807) is 11.3 Å². The van der Waals surface area contributed by atoms with E-state index in [1.807, 2.05) is 31.4 Å². The Morgan fingerprint density at radius 2 is 2.11 bits per heavy atom. The fourth-order valence-corrected chi connectivity index (χ4v) is 3.01. The van der Waals surface area contributed by atoms with Crippen LogP contribution in [0.4, 0.5) is 5.82 Å². The predicted octanol–water partition coefficient (Wildman–Crippen LogP) is 1.43. The highest BCUT2D eigenvalue weighted by atomic mass is 32.1. The van der Waals surface area contributed by atoms with Gasteiger partial charge in [0.1, 0.15) is 5.82 Å². The highest BCUT2D eigenvalue weighted by Gasteiger charge is 2.22. The number of thiophene rings is 1. The molecule has 6 heteroatoms. The minimum Gasteiger partial charge on any atom is -0.385 e. The average molecular weight is 265 g/mol. The third kappa shape index (κ3) is 2.24. The molecule has 0 bridgehead atoms. The van der Waals surface area contributed by atoms with Gasteiger partial charge in [0, 0.05) is 10.9 Å². The minimum atomic E-state index is -0.470. The second-order valence-electron chi connectivity index (χ2n) is 4.44. The van der Waals surface area contributed by atoms with E-state index < -0.39 is 11.2 Å². The fraction of sp³-hybridized carbons (Fsp3) is 0.333. The Morgan fingerprint density at radius 1 is 1.39 bits per heavy atom. The van der Waals surface area contributed by atoms with E-state index in [0.717, 1.165) is 4.88 Å². The Bertz CT molecular complexity index is 640. The maximum atomic E-state index is 11.9. The lowest BCUT2D eigenvalue weighted by molar-refractivity contribution is 0.431. The molecule has 96 valence electrons. The fourth-order valence-electron chi connectivity index (χ4n) is 2.02. The first-order chi connectivity index (χ1) is 8.50. The Morgan fingerprint density at radius 3 is 2.61 bits per heavy atom. The smallest absolute Gasteiger partial charge is 0.330 e. The quantitative estimate of drug-likeness (QED) is 0.880. The van der Waals surface area contributed by atoms with E-state index in [-0.39, 0.29) is 17.8 Å². The van der Waals surface area contributed by atoms with Crippen molar-refractivity contribution in [2.75, 3.05) is 5.73 Å². The summed E-state index contributed by atoms with van der Waals surface area (Å²) in [4.78, 5) is 26.4. The van der Waals surface area contributed by atoms with Crippen LogP contribution in [0.15, 0.2) is 33.2 Å². The summed E-state index contributed by atoms with van der Waals surface area (Å²) in [6.07, 6.45) is 0. The van der Waals surface area contributed by atoms with Crippen LogP contribution in [0.3, 0.4) is 0 Å². The first kappa shape index (κ1) is 12.6. The summed E-state index contributed by atoms with van der Waals surface area (Å²) in [6, 6.07) is 4.98. The summed E-state index contributed by atoms with van der Waals surface area (Å²) in [5.41, 5.74) is 4.88. The Kier molecular flexibility index (Phi) is 3.38. The van der Waals surface area contributed by atoms with Crippen LogP contribution < -0.4 is 17.0 Å². The summed E-state index contributed by atoms with van der Waals surface area (Å²) in [5, 5.41) is 1.96. The van der Waals surface area contributed by atoms with Gasteiger partial charge in [0.05, 0.1) is 6.04 Å². The van der Waals surface area contributed by atoms with E-state index in [0.29, 0.717) is 0 Å². The van der Waals surface area contributed by atoms with Gasteiger partial charge in [-0.2, -0.15) is 0 Å². The number of hydrogen-bond donors (Lipinski definition) is 2. The zero-order valence-electron chi connectivity index (χ0n) is 10.2. The van der Waals surface area contributed by atoms with Crippen molar-refractivity contribution < 1.29 is 0 Å². The molecule has 0 fully saturated rings. The van der Waals surface area contributed by atoms with Crippen LogP contribution in [0.2, 0.25) is 0 Å². The average Bonchev–Trinajstić information content (AvgIpc) is 2.75. The number of nitrogens with zero attached hydrogens (tertiary/aromatic N) is 1. The molecule has 2 aromatic heterocycles. The van der Waals surface area contributed by atoms with E-state index >= 15 is 0 Å². The third-order valence-corrected chi connectivity index (χ3v) is 3.69. The highest BCUT2D eigenvalue weighted by Crippen LogP contribution is 2.29. The number of H-pyrrole nitrogens is 1. The van der Waals surface area contributed by atoms with Crippen LogP contribution >= 0.6 is 11.3 Å². The van der Waals surface area contributed by atoms with Gasteiger partial charge < -0.3 is 5.73 Å². The van der Waals surface area contributed by atoms with Crippen LogP contribution in [0.5, 0.6) is 0 Å². The van der Waals surface area contributed by atoms with Crippen molar-refractivity contribution in [2.24, 2.45) is 5.92 Å². The molecule has 0 saturated carbocycles. The van der Waals surface area contributed by atoms with Crippen LogP contribution in [-0.4, -0.2) is 9.55 Å². The number of nitrogens with one attached hydrogen (secondary N) is 1. The number of nitrogen functional groups attached to an aromatic ring is 1. The van der Waals surface area contributed by atoms with Gasteiger partial charge in [-0.1, -0.05) is 19.9 Å². The molecule has 0 aromatic carbocycles. The molecular weight excluding hydrogens is 250 g/mol. The lowest BCUT2D eigenvalue weighted by atomic mass is 10.0. The first-order valence-corrected chi connectivity index (χ1v) is 6.53. The molecule has 0 aliphatic heterocycles. The molecule has 2 heterocycles. The zero-order valence-corrected chi connectivity index (χ0v) is 11.0. The van der Waals surface area contributed by atoms with E-state index in [9.17, 15) is 9.59 Å². The molecule has 2 aromatic rings. The molecule has 0 amide bonds. The van der Waals surface area contributed by atoms with Gasteiger partial charge in [0.15, 0.2) is 0 Å². The molecule has 0 spiro atoms. The van der Waals surface area contributed by atoms with Gasteiger partial charge in [-0.15, -0.1) is 11.3 Å². The van der Waals surface area contributed by atoms with E-state index in [1.165, 1.54) is 10.6 Å². The van der Waals surface area contributed by atoms with Crippen molar-refractivity contribution >= 4 is 17.2 Å². The lowest BCUT2D eigenvalue weighted by Crippen LogP contribution is -2.35. The number of rotatable bonds is 3. The largest absolute Gasteiger partial charge is 0.385 e. The van der Waals surface area contributed by atoms with Crippen molar-refractivity contribution in [3.05, 3.63) is 49.3 Å². The van der Waals surface area contributed by atoms with E-state index in [2.05, 4.69) is 4.98 Å². The normalized spacial score (nSPS) is 12.8. The molecule has 1 unspecified atom stereocenters. The van der Waals surface area contributed by atoms with Crippen molar-refractivity contribution in [3.63, 3.8) is 0 Å². The predicted molar refractivity (Wildman–Crippen MR) is 73.0 cm³/mol. The topological polar surface area (TPSA) is 80.9 Å². The lowest BCUT2D eigenvalue weighted by Gasteiger charge is -2.23. The number of anilines is 1. The number of nitrogens with two attached hydrogens (primary N) is 1. The maximum absolute atomic E-state index is 11.9. The van der Waals surface area contributed by atoms with Crippen molar-refractivity contribution in [2.45, 2.75) is 19.9 Å². The molecule has 2 rings (SSSR count). The molecule has 0 aliphatic rings. The standard InChI is InChI=1S/C12H15N3O2S/c1-7(2)11(8-4-3-5-18-8)15-9(13)6-10(16)14-12(15)17/h3-7,11H,13H2,1-2H3,(H,14,16,17). The Balaban J connectivity index is 2.65. The maximum Gasteiger partial charge on any atom is 0.330 e. The number of hydrogen-bond acceptors (Lipinski definition) is 4. The van der Waals surface area contributed by atoms with Gasteiger partial charge in [-0.05, 0) is 17.4 Å². The zero-order chi connectivity index (χ0) is 13.3. The van der Waals surface area contributed by atoms with Crippen LogP contribution in [0.1, 0.15) is 24.8 Å². The minimum absolute atomic E-state index is 0.158. The highest BCUT2D eigenvalue weighted by molar-refractivity contribution is 7.10. The monoisotopic (exact) mass is 265 g/mol. The molecular formula is C12H15N3O2S. The molecule has 0 saturated heterocycles. The van der Waals surface area contributed by atoms with Crippen molar-refractivity contribution in [1.82, 2.24) is 9.55 Å². The molecule has 3 N–H and O–H groups in total. The van der Waals surface area contributed by atoms with Crippen LogP contribution in [0, 0.1) is 5.92 Å². The SMILES string of the molecule is CC(C)C(c1cccs1)n1c(N)cc(=O)[nH]c1=O. The van der Waals surface area contributed by atoms with Gasteiger partial charge in [0.2, 0.25) is 0 Å². The summed E-state index contributed by atoms with van der Waals surface area (Å²) < 4.78 is 1.44.